The van der Waals surface area contributed by atoms with Gasteiger partial charge in [-0.25, -0.2) is 9.98 Å². The number of nitrogens with zero attached hydrogens (tertiary/aromatic N) is 2. The van der Waals surface area contributed by atoms with Gasteiger partial charge in [0.05, 0.1) is 6.54 Å². The van der Waals surface area contributed by atoms with Gasteiger partial charge in [-0.15, -0.1) is 24.0 Å². The van der Waals surface area contributed by atoms with Gasteiger partial charge in [0.2, 0.25) is 5.89 Å². The first-order valence-electron chi connectivity index (χ1n) is 7.71. The van der Waals surface area contributed by atoms with Crippen molar-refractivity contribution in [1.29, 1.82) is 0 Å². The third kappa shape index (κ3) is 6.60. The van der Waals surface area contributed by atoms with E-state index in [9.17, 15) is 0 Å². The molecule has 6 heteroatoms. The van der Waals surface area contributed by atoms with Gasteiger partial charge < -0.3 is 15.1 Å². The molecule has 0 aliphatic heterocycles. The number of guanidine groups is 1. The Morgan fingerprint density at radius 1 is 1.22 bits per heavy atom. The fourth-order valence-corrected chi connectivity index (χ4v) is 1.90. The van der Waals surface area contributed by atoms with Crippen molar-refractivity contribution >= 4 is 29.9 Å². The van der Waals surface area contributed by atoms with E-state index in [1.165, 1.54) is 0 Å². The lowest BCUT2D eigenvalue weighted by molar-refractivity contribution is 0.572. The van der Waals surface area contributed by atoms with Gasteiger partial charge in [0.1, 0.15) is 12.0 Å². The van der Waals surface area contributed by atoms with Crippen molar-refractivity contribution in [2.75, 3.05) is 13.1 Å². The first-order valence-corrected chi connectivity index (χ1v) is 7.71. The molecule has 0 saturated carbocycles. The Morgan fingerprint density at radius 2 is 1.96 bits per heavy atom. The van der Waals surface area contributed by atoms with E-state index in [1.54, 1.807) is 6.26 Å². The SMILES string of the molecule is CCNC(=NCc1coc(-c2ccccc2)n1)NCC(C)C.I. The molecule has 0 bridgehead atoms. The standard InChI is InChI=1S/C17H24N4O.HI/c1-4-18-17(19-10-13(2)3)20-11-15-12-22-16(21-15)14-8-6-5-7-9-14;/h5-9,12-13H,4,10-11H2,1-3H3,(H2,18,19,20);1H. The minimum atomic E-state index is 0. The number of aliphatic imine (C=N–C) groups is 1. The largest absolute Gasteiger partial charge is 0.444 e. The predicted octanol–water partition coefficient (Wildman–Crippen LogP) is 3.67. The Kier molecular flexibility index (Phi) is 8.68. The van der Waals surface area contributed by atoms with E-state index >= 15 is 0 Å². The summed E-state index contributed by atoms with van der Waals surface area (Å²) < 4.78 is 5.52. The summed E-state index contributed by atoms with van der Waals surface area (Å²) in [4.78, 5) is 9.01. The molecule has 2 aromatic rings. The van der Waals surface area contributed by atoms with Gasteiger partial charge in [-0.3, -0.25) is 0 Å². The molecular formula is C17H25IN4O. The molecule has 0 unspecified atom stereocenters. The Hall–Kier alpha value is -1.57. The molecule has 0 aliphatic carbocycles. The van der Waals surface area contributed by atoms with Gasteiger partial charge in [-0.05, 0) is 25.0 Å². The van der Waals surface area contributed by atoms with E-state index in [-0.39, 0.29) is 24.0 Å². The van der Waals surface area contributed by atoms with Gasteiger partial charge in [-0.1, -0.05) is 32.0 Å². The van der Waals surface area contributed by atoms with Crippen LogP contribution >= 0.6 is 24.0 Å². The highest BCUT2D eigenvalue weighted by Gasteiger charge is 2.06. The fourth-order valence-electron chi connectivity index (χ4n) is 1.90. The molecule has 0 spiro atoms. The minimum absolute atomic E-state index is 0. The van der Waals surface area contributed by atoms with Gasteiger partial charge in [0.15, 0.2) is 5.96 Å². The van der Waals surface area contributed by atoms with Crippen molar-refractivity contribution in [3.63, 3.8) is 0 Å². The van der Waals surface area contributed by atoms with Crippen LogP contribution in [0.5, 0.6) is 0 Å². The van der Waals surface area contributed by atoms with Gasteiger partial charge in [0, 0.05) is 18.7 Å². The van der Waals surface area contributed by atoms with Gasteiger partial charge in [-0.2, -0.15) is 0 Å². The third-order valence-corrected chi connectivity index (χ3v) is 2.99. The van der Waals surface area contributed by atoms with Gasteiger partial charge >= 0.3 is 0 Å². The number of oxazole rings is 1. The molecule has 0 amide bonds. The normalized spacial score (nSPS) is 11.2. The summed E-state index contributed by atoms with van der Waals surface area (Å²) in [6, 6.07) is 9.87. The van der Waals surface area contributed by atoms with Crippen LogP contribution in [0.3, 0.4) is 0 Å². The van der Waals surface area contributed by atoms with Gasteiger partial charge in [0.25, 0.3) is 0 Å². The van der Waals surface area contributed by atoms with E-state index < -0.39 is 0 Å². The molecule has 23 heavy (non-hydrogen) atoms. The van der Waals surface area contributed by atoms with Crippen molar-refractivity contribution in [3.8, 4) is 11.5 Å². The van der Waals surface area contributed by atoms with Crippen molar-refractivity contribution in [3.05, 3.63) is 42.3 Å². The second-order valence-electron chi connectivity index (χ2n) is 5.48. The maximum absolute atomic E-state index is 5.52. The maximum Gasteiger partial charge on any atom is 0.226 e. The summed E-state index contributed by atoms with van der Waals surface area (Å²) in [7, 11) is 0. The van der Waals surface area contributed by atoms with E-state index in [0.29, 0.717) is 18.4 Å². The smallest absolute Gasteiger partial charge is 0.226 e. The second kappa shape index (κ2) is 10.3. The van der Waals surface area contributed by atoms with Crippen LogP contribution in [-0.4, -0.2) is 24.0 Å². The lowest BCUT2D eigenvalue weighted by Gasteiger charge is -2.12. The molecule has 0 radical (unpaired) electrons. The zero-order chi connectivity index (χ0) is 15.8. The zero-order valence-electron chi connectivity index (χ0n) is 13.9. The third-order valence-electron chi connectivity index (χ3n) is 2.99. The summed E-state index contributed by atoms with van der Waals surface area (Å²) in [5, 5.41) is 6.54. The minimum Gasteiger partial charge on any atom is -0.444 e. The second-order valence-corrected chi connectivity index (χ2v) is 5.48. The highest BCUT2D eigenvalue weighted by atomic mass is 127. The number of nitrogens with one attached hydrogen (secondary N) is 2. The maximum atomic E-state index is 5.52. The average Bonchev–Trinajstić information content (AvgIpc) is 3.00. The molecule has 0 fully saturated rings. The summed E-state index contributed by atoms with van der Waals surface area (Å²) in [5.41, 5.74) is 1.79. The Balaban J connectivity index is 0.00000264. The average molecular weight is 428 g/mol. The lowest BCUT2D eigenvalue weighted by atomic mass is 10.2. The molecule has 2 N–H and O–H groups in total. The molecule has 1 aromatic carbocycles. The summed E-state index contributed by atoms with van der Waals surface area (Å²) in [5.74, 6) is 2.01. The molecule has 1 aromatic heterocycles. The fraction of sp³-hybridized carbons (Fsp3) is 0.412. The van der Waals surface area contributed by atoms with Crippen LogP contribution in [0.1, 0.15) is 26.5 Å². The first kappa shape index (κ1) is 19.5. The number of benzene rings is 1. The van der Waals surface area contributed by atoms with Crippen molar-refractivity contribution in [1.82, 2.24) is 15.6 Å². The van der Waals surface area contributed by atoms with Crippen LogP contribution in [0.4, 0.5) is 0 Å². The van der Waals surface area contributed by atoms with E-state index in [4.69, 9.17) is 4.42 Å². The van der Waals surface area contributed by atoms with E-state index in [0.717, 1.165) is 30.3 Å². The molecule has 0 saturated heterocycles. The predicted molar refractivity (Wildman–Crippen MR) is 105 cm³/mol. The van der Waals surface area contributed by atoms with Crippen LogP contribution in [0.15, 0.2) is 46.0 Å². The van der Waals surface area contributed by atoms with E-state index in [1.807, 2.05) is 30.3 Å². The van der Waals surface area contributed by atoms with Crippen LogP contribution < -0.4 is 10.6 Å². The van der Waals surface area contributed by atoms with Crippen LogP contribution in [0, 0.1) is 5.92 Å². The number of aromatic nitrogens is 1. The Bertz CT molecular complexity index is 596. The molecule has 126 valence electrons. The number of hydrogen-bond donors (Lipinski definition) is 2. The molecule has 1 heterocycles. The quantitative estimate of drug-likeness (QED) is 0.419. The monoisotopic (exact) mass is 428 g/mol. The molecule has 0 aliphatic rings. The summed E-state index contributed by atoms with van der Waals surface area (Å²) in [6.45, 7) is 8.60. The molecule has 0 atom stereocenters. The first-order chi connectivity index (χ1) is 10.7. The number of hydrogen-bond acceptors (Lipinski definition) is 3. The molecular weight excluding hydrogens is 403 g/mol. The van der Waals surface area contributed by atoms with Crippen LogP contribution in [0.2, 0.25) is 0 Å². The zero-order valence-corrected chi connectivity index (χ0v) is 16.2. The lowest BCUT2D eigenvalue weighted by Crippen LogP contribution is -2.39. The van der Waals surface area contributed by atoms with Crippen molar-refractivity contribution < 1.29 is 4.42 Å². The van der Waals surface area contributed by atoms with Crippen LogP contribution in [0.25, 0.3) is 11.5 Å². The topological polar surface area (TPSA) is 62.5 Å². The summed E-state index contributed by atoms with van der Waals surface area (Å²) >= 11 is 0. The molecule has 5 nitrogen and oxygen atoms in total. The highest BCUT2D eigenvalue weighted by molar-refractivity contribution is 14.0. The number of halogens is 1. The highest BCUT2D eigenvalue weighted by Crippen LogP contribution is 2.18. The van der Waals surface area contributed by atoms with Crippen molar-refractivity contribution in [2.24, 2.45) is 10.9 Å². The number of rotatable bonds is 6. The van der Waals surface area contributed by atoms with Crippen LogP contribution in [-0.2, 0) is 6.54 Å². The molecule has 2 rings (SSSR count). The Labute approximate surface area is 155 Å². The van der Waals surface area contributed by atoms with Crippen molar-refractivity contribution in [2.45, 2.75) is 27.3 Å². The van der Waals surface area contributed by atoms with E-state index in [2.05, 4.69) is 41.4 Å². The Morgan fingerprint density at radius 3 is 2.61 bits per heavy atom. The summed E-state index contributed by atoms with van der Waals surface area (Å²) in [6.07, 6.45) is 1.66.